The van der Waals surface area contributed by atoms with Crippen LogP contribution in [0.2, 0.25) is 0 Å². The van der Waals surface area contributed by atoms with E-state index >= 15 is 0 Å². The highest BCUT2D eigenvalue weighted by Gasteiger charge is 1.97. The lowest BCUT2D eigenvalue weighted by atomic mass is 10.2. The molecule has 0 N–H and O–H groups in total. The molecule has 0 unspecified atom stereocenters. The first-order chi connectivity index (χ1) is 5.86. The van der Waals surface area contributed by atoms with Crippen molar-refractivity contribution < 1.29 is 0 Å². The molecule has 0 saturated carbocycles. The fourth-order valence-corrected chi connectivity index (χ4v) is 1.62. The van der Waals surface area contributed by atoms with E-state index in [1.54, 1.807) is 11.3 Å². The average Bonchev–Trinajstić information content (AvgIpc) is 2.58. The number of hydrogen-bond acceptors (Lipinski definition) is 2. The van der Waals surface area contributed by atoms with Crippen LogP contribution in [0.25, 0.3) is 10.6 Å². The second kappa shape index (κ2) is 3.07. The van der Waals surface area contributed by atoms with Gasteiger partial charge >= 0.3 is 0 Å². The molecule has 1 aromatic carbocycles. The lowest BCUT2D eigenvalue weighted by Crippen LogP contribution is -1.75. The first kappa shape index (κ1) is 7.50. The van der Waals surface area contributed by atoms with Crippen molar-refractivity contribution in [2.45, 2.75) is 6.92 Å². The Morgan fingerprint density at radius 2 is 2.00 bits per heavy atom. The monoisotopic (exact) mass is 174 g/mol. The Bertz CT molecular complexity index is 348. The summed E-state index contributed by atoms with van der Waals surface area (Å²) in [6.45, 7) is 2.08. The third kappa shape index (κ3) is 1.38. The largest absolute Gasteiger partial charge is 0.234 e. The Morgan fingerprint density at radius 3 is 2.58 bits per heavy atom. The minimum Gasteiger partial charge on any atom is -0.234 e. The first-order valence-corrected chi connectivity index (χ1v) is 4.63. The molecule has 0 aliphatic rings. The van der Waals surface area contributed by atoms with Crippen LogP contribution >= 0.6 is 11.3 Å². The Morgan fingerprint density at radius 1 is 1.25 bits per heavy atom. The highest BCUT2D eigenvalue weighted by atomic mass is 32.1. The summed E-state index contributed by atoms with van der Waals surface area (Å²) in [6, 6.07) is 8.36. The van der Waals surface area contributed by atoms with Gasteiger partial charge in [-0.2, -0.15) is 0 Å². The molecular weight excluding hydrogens is 166 g/mol. The quantitative estimate of drug-likeness (QED) is 0.647. The van der Waals surface area contributed by atoms with Crippen molar-refractivity contribution in [2.75, 3.05) is 0 Å². The van der Waals surface area contributed by atoms with Gasteiger partial charge in [-0.3, -0.25) is 0 Å². The first-order valence-electron chi connectivity index (χ1n) is 3.75. The van der Waals surface area contributed by atoms with Crippen molar-refractivity contribution >= 4 is 11.3 Å². The molecular formula is C10H8NS. The van der Waals surface area contributed by atoms with E-state index in [2.05, 4.69) is 42.4 Å². The van der Waals surface area contributed by atoms with Gasteiger partial charge in [0.05, 0.1) is 0 Å². The Labute approximate surface area is 75.7 Å². The molecule has 0 fully saturated rings. The number of thiazole rings is 1. The standard InChI is InChI=1S/C10H8NS/c1-8-2-4-9(5-3-8)10-11-6-7-12-10/h2-5,7H,1H3. The van der Waals surface area contributed by atoms with Gasteiger partial charge < -0.3 is 0 Å². The summed E-state index contributed by atoms with van der Waals surface area (Å²) in [7, 11) is 0. The highest BCUT2D eigenvalue weighted by molar-refractivity contribution is 7.13. The predicted octanol–water partition coefficient (Wildman–Crippen LogP) is 2.92. The third-order valence-electron chi connectivity index (χ3n) is 1.69. The molecule has 1 aromatic heterocycles. The molecule has 0 amide bonds. The SMILES string of the molecule is Cc1ccc(-c2n[c]cs2)cc1. The van der Waals surface area contributed by atoms with Gasteiger partial charge in [0.25, 0.3) is 0 Å². The van der Waals surface area contributed by atoms with Crippen LogP contribution in [0.3, 0.4) is 0 Å². The van der Waals surface area contributed by atoms with Gasteiger partial charge in [-0.15, -0.1) is 11.3 Å². The minimum absolute atomic E-state index is 1.04. The molecule has 2 heteroatoms. The number of benzene rings is 1. The normalized spacial score (nSPS) is 10.1. The van der Waals surface area contributed by atoms with E-state index in [1.165, 1.54) is 11.1 Å². The lowest BCUT2D eigenvalue weighted by Gasteiger charge is -1.95. The van der Waals surface area contributed by atoms with Crippen LogP contribution in [0.15, 0.2) is 29.6 Å². The average molecular weight is 174 g/mol. The zero-order valence-electron chi connectivity index (χ0n) is 6.74. The predicted molar refractivity (Wildman–Crippen MR) is 51.1 cm³/mol. The highest BCUT2D eigenvalue weighted by Crippen LogP contribution is 2.21. The molecule has 1 heterocycles. The summed E-state index contributed by atoms with van der Waals surface area (Å²) in [4.78, 5) is 4.11. The van der Waals surface area contributed by atoms with E-state index < -0.39 is 0 Å². The van der Waals surface area contributed by atoms with Crippen molar-refractivity contribution in [1.29, 1.82) is 0 Å². The van der Waals surface area contributed by atoms with Gasteiger partial charge in [0, 0.05) is 10.9 Å². The third-order valence-corrected chi connectivity index (χ3v) is 2.46. The molecule has 0 spiro atoms. The number of aromatic nitrogens is 1. The van der Waals surface area contributed by atoms with Gasteiger partial charge in [0.15, 0.2) is 0 Å². The molecule has 0 aliphatic carbocycles. The van der Waals surface area contributed by atoms with Gasteiger partial charge in [0.1, 0.15) is 11.2 Å². The summed E-state index contributed by atoms with van der Waals surface area (Å²) < 4.78 is 0. The number of nitrogens with zero attached hydrogens (tertiary/aromatic N) is 1. The fourth-order valence-electron chi connectivity index (χ4n) is 1.02. The lowest BCUT2D eigenvalue weighted by molar-refractivity contribution is 1.39. The van der Waals surface area contributed by atoms with Crippen molar-refractivity contribution in [3.63, 3.8) is 0 Å². The number of hydrogen-bond donors (Lipinski definition) is 0. The zero-order chi connectivity index (χ0) is 8.39. The second-order valence-corrected chi connectivity index (χ2v) is 3.51. The molecule has 0 saturated heterocycles. The summed E-state index contributed by atoms with van der Waals surface area (Å²) in [5.41, 5.74) is 2.45. The summed E-state index contributed by atoms with van der Waals surface area (Å²) in [5.74, 6) is 0. The van der Waals surface area contributed by atoms with Gasteiger partial charge in [-0.1, -0.05) is 29.8 Å². The maximum atomic E-state index is 4.11. The molecule has 59 valence electrons. The van der Waals surface area contributed by atoms with Crippen LogP contribution in [0, 0.1) is 13.1 Å². The van der Waals surface area contributed by atoms with E-state index in [1.807, 2.05) is 5.38 Å². The van der Waals surface area contributed by atoms with E-state index in [0.717, 1.165) is 5.01 Å². The second-order valence-electron chi connectivity index (χ2n) is 2.65. The maximum Gasteiger partial charge on any atom is 0.124 e. The van der Waals surface area contributed by atoms with Crippen LogP contribution in [-0.2, 0) is 0 Å². The molecule has 2 rings (SSSR count). The van der Waals surface area contributed by atoms with Gasteiger partial charge in [0.2, 0.25) is 0 Å². The van der Waals surface area contributed by atoms with Crippen molar-refractivity contribution in [3.8, 4) is 10.6 Å². The van der Waals surface area contributed by atoms with Crippen molar-refractivity contribution in [1.82, 2.24) is 4.98 Å². The van der Waals surface area contributed by atoms with Gasteiger partial charge in [-0.05, 0) is 6.92 Å². The zero-order valence-corrected chi connectivity index (χ0v) is 7.56. The molecule has 12 heavy (non-hydrogen) atoms. The molecule has 0 aliphatic heterocycles. The Kier molecular flexibility index (Phi) is 1.92. The van der Waals surface area contributed by atoms with Crippen LogP contribution < -0.4 is 0 Å². The van der Waals surface area contributed by atoms with Crippen LogP contribution in [0.1, 0.15) is 5.56 Å². The molecule has 1 radical (unpaired) electrons. The topological polar surface area (TPSA) is 12.9 Å². The van der Waals surface area contributed by atoms with E-state index in [4.69, 9.17) is 0 Å². The Balaban J connectivity index is 2.43. The van der Waals surface area contributed by atoms with Crippen molar-refractivity contribution in [3.05, 3.63) is 41.4 Å². The van der Waals surface area contributed by atoms with E-state index in [9.17, 15) is 0 Å². The summed E-state index contributed by atoms with van der Waals surface area (Å²) >= 11 is 1.62. The Hall–Kier alpha value is -1.15. The maximum absolute atomic E-state index is 4.11. The van der Waals surface area contributed by atoms with E-state index in [0.29, 0.717) is 0 Å². The minimum atomic E-state index is 1.04. The van der Waals surface area contributed by atoms with Crippen LogP contribution in [0.5, 0.6) is 0 Å². The number of rotatable bonds is 1. The van der Waals surface area contributed by atoms with Crippen LogP contribution in [0.4, 0.5) is 0 Å². The fraction of sp³-hybridized carbons (Fsp3) is 0.100. The molecule has 0 bridgehead atoms. The van der Waals surface area contributed by atoms with Crippen LogP contribution in [-0.4, -0.2) is 4.98 Å². The molecule has 2 aromatic rings. The number of aryl methyl sites for hydroxylation is 1. The molecule has 1 nitrogen and oxygen atoms in total. The van der Waals surface area contributed by atoms with Crippen molar-refractivity contribution in [2.24, 2.45) is 0 Å². The molecule has 0 atom stereocenters. The smallest absolute Gasteiger partial charge is 0.124 e. The summed E-state index contributed by atoms with van der Waals surface area (Å²) in [6.07, 6.45) is 2.81. The summed E-state index contributed by atoms with van der Waals surface area (Å²) in [5, 5.41) is 2.91. The van der Waals surface area contributed by atoms with Gasteiger partial charge in [-0.25, -0.2) is 4.98 Å². The van der Waals surface area contributed by atoms with E-state index in [-0.39, 0.29) is 0 Å².